The number of aromatic nitrogens is 3. The molecule has 2 heterocycles. The Labute approximate surface area is 300 Å². The Hall–Kier alpha value is -6.91. The lowest BCUT2D eigenvalue weighted by Crippen LogP contribution is -2.30. The third-order valence-corrected chi connectivity index (χ3v) is 10.8. The molecule has 0 aliphatic heterocycles. The average molecular weight is 664 g/mol. The number of hydrogen-bond donors (Lipinski definition) is 0. The van der Waals surface area contributed by atoms with Gasteiger partial charge in [-0.2, -0.15) is 0 Å². The van der Waals surface area contributed by atoms with Crippen molar-refractivity contribution in [1.29, 1.82) is 0 Å². The number of hydrogen-bond acceptors (Lipinski definition) is 4. The molecule has 0 saturated carbocycles. The summed E-state index contributed by atoms with van der Waals surface area (Å²) >= 11 is 0. The number of nitrogens with zero attached hydrogens (tertiary/aromatic N) is 3. The van der Waals surface area contributed by atoms with Crippen molar-refractivity contribution in [2.45, 2.75) is 5.41 Å². The van der Waals surface area contributed by atoms with E-state index in [-0.39, 0.29) is 0 Å². The number of rotatable bonds is 3. The lowest BCUT2D eigenvalue weighted by molar-refractivity contribution is 0.666. The lowest BCUT2D eigenvalue weighted by atomic mass is 9.65. The van der Waals surface area contributed by atoms with Gasteiger partial charge in [0.15, 0.2) is 17.5 Å². The number of para-hydroxylation sites is 1. The number of furan rings is 1. The Morgan fingerprint density at radius 1 is 0.365 bits per heavy atom. The minimum atomic E-state index is -0.637. The Balaban J connectivity index is 1.22. The summed E-state index contributed by atoms with van der Waals surface area (Å²) in [7, 11) is 0. The molecule has 4 nitrogen and oxygen atoms in total. The first-order chi connectivity index (χ1) is 25.8. The van der Waals surface area contributed by atoms with Crippen molar-refractivity contribution >= 4 is 34.1 Å². The van der Waals surface area contributed by atoms with Gasteiger partial charge in [0.1, 0.15) is 11.2 Å². The van der Waals surface area contributed by atoms with Gasteiger partial charge in [-0.3, -0.25) is 0 Å². The first-order valence-corrected chi connectivity index (χ1v) is 17.6. The minimum Gasteiger partial charge on any atom is -0.456 e. The maximum absolute atomic E-state index is 6.58. The molecule has 1 spiro atoms. The molecule has 0 amide bonds. The Morgan fingerprint density at radius 2 is 0.962 bits per heavy atom. The normalized spacial score (nSPS) is 15.3. The van der Waals surface area contributed by atoms with Crippen molar-refractivity contribution in [3.8, 4) is 45.3 Å². The smallest absolute Gasteiger partial charge is 0.164 e. The van der Waals surface area contributed by atoms with Crippen molar-refractivity contribution in [2.75, 3.05) is 0 Å². The molecular weight excluding hydrogens is 635 g/mol. The highest BCUT2D eigenvalue weighted by molar-refractivity contribution is 6.08. The van der Waals surface area contributed by atoms with Gasteiger partial charge < -0.3 is 4.42 Å². The summed E-state index contributed by atoms with van der Waals surface area (Å²) in [6, 6.07) is 57.6. The van der Waals surface area contributed by atoms with Crippen LogP contribution in [0.5, 0.6) is 0 Å². The Morgan fingerprint density at radius 3 is 1.71 bits per heavy atom. The van der Waals surface area contributed by atoms with Gasteiger partial charge in [0.25, 0.3) is 0 Å². The predicted octanol–water partition coefficient (Wildman–Crippen LogP) is 11.6. The van der Waals surface area contributed by atoms with E-state index in [4.69, 9.17) is 19.4 Å². The van der Waals surface area contributed by atoms with Crippen molar-refractivity contribution in [3.05, 3.63) is 197 Å². The second-order valence-corrected chi connectivity index (χ2v) is 13.5. The van der Waals surface area contributed by atoms with Crippen LogP contribution in [-0.4, -0.2) is 15.0 Å². The fraction of sp³-hybridized carbons (Fsp3) is 0.0208. The molecule has 242 valence electrons. The molecule has 2 aromatic heterocycles. The van der Waals surface area contributed by atoms with Crippen LogP contribution < -0.4 is 0 Å². The van der Waals surface area contributed by atoms with Crippen LogP contribution >= 0.6 is 0 Å². The van der Waals surface area contributed by atoms with Gasteiger partial charge in [0, 0.05) is 27.5 Å². The Bertz CT molecular complexity index is 2850. The van der Waals surface area contributed by atoms with E-state index in [1.165, 1.54) is 38.9 Å². The predicted molar refractivity (Wildman–Crippen MR) is 210 cm³/mol. The van der Waals surface area contributed by atoms with E-state index in [0.29, 0.717) is 17.5 Å². The Kier molecular flexibility index (Phi) is 6.13. The van der Waals surface area contributed by atoms with Gasteiger partial charge >= 0.3 is 0 Å². The first-order valence-electron chi connectivity index (χ1n) is 17.6. The summed E-state index contributed by atoms with van der Waals surface area (Å²) < 4.78 is 6.58. The topological polar surface area (TPSA) is 51.8 Å². The van der Waals surface area contributed by atoms with Crippen molar-refractivity contribution in [3.63, 3.8) is 0 Å². The van der Waals surface area contributed by atoms with Crippen LogP contribution in [0.15, 0.2) is 168 Å². The molecule has 52 heavy (non-hydrogen) atoms. The third-order valence-electron chi connectivity index (χ3n) is 10.8. The van der Waals surface area contributed by atoms with E-state index in [0.717, 1.165) is 44.2 Å². The summed E-state index contributed by atoms with van der Waals surface area (Å²) in [6.45, 7) is 0. The van der Waals surface area contributed by atoms with Gasteiger partial charge in [0.2, 0.25) is 0 Å². The molecule has 11 rings (SSSR count). The average Bonchev–Trinajstić information content (AvgIpc) is 3.67. The maximum Gasteiger partial charge on any atom is 0.164 e. The zero-order chi connectivity index (χ0) is 34.2. The van der Waals surface area contributed by atoms with Gasteiger partial charge in [-0.15, -0.1) is 0 Å². The fourth-order valence-electron chi connectivity index (χ4n) is 8.49. The van der Waals surface area contributed by atoms with Crippen LogP contribution in [-0.2, 0) is 5.41 Å². The summed E-state index contributed by atoms with van der Waals surface area (Å²) in [5.74, 6) is 1.91. The highest BCUT2D eigenvalue weighted by Crippen LogP contribution is 2.59. The first kappa shape index (κ1) is 28.9. The van der Waals surface area contributed by atoms with Gasteiger partial charge in [0.05, 0.1) is 5.41 Å². The second-order valence-electron chi connectivity index (χ2n) is 13.5. The quantitative estimate of drug-likeness (QED) is 0.189. The summed E-state index contributed by atoms with van der Waals surface area (Å²) in [5.41, 5.74) is 13.6. The summed E-state index contributed by atoms with van der Waals surface area (Å²) in [5, 5.41) is 2.25. The molecule has 0 N–H and O–H groups in total. The van der Waals surface area contributed by atoms with Gasteiger partial charge in [-0.1, -0.05) is 152 Å². The molecule has 0 saturated heterocycles. The standard InChI is InChI=1S/C48H29N3O/c1-3-14-32(15-4-1)45-49-46(33-16-5-2-6-17-33)51-47(50-45)34-26-25-31-24-23-30-13-7-10-20-39(30)48(41(31)27-34)40-21-11-8-18-35(40)37-28-38-36-19-9-12-22-43(36)52-44(38)29-42(37)48/h1-29H. The van der Waals surface area contributed by atoms with Crippen LogP contribution in [0, 0.1) is 0 Å². The van der Waals surface area contributed by atoms with Crippen LogP contribution in [0.1, 0.15) is 33.4 Å². The SMILES string of the molecule is C1=Cc2ccc(-c3nc(-c4ccccc4)nc(-c4ccccc4)n3)cc2C2(c3ccccc31)c1ccccc1-c1cc3c(cc12)oc1ccccc13. The molecule has 1 atom stereocenters. The molecule has 0 bridgehead atoms. The zero-order valence-electron chi connectivity index (χ0n) is 28.0. The summed E-state index contributed by atoms with van der Waals surface area (Å²) in [4.78, 5) is 15.2. The van der Waals surface area contributed by atoms with E-state index in [2.05, 4.69) is 109 Å². The van der Waals surface area contributed by atoms with Crippen molar-refractivity contribution in [1.82, 2.24) is 15.0 Å². The van der Waals surface area contributed by atoms with Crippen LogP contribution in [0.4, 0.5) is 0 Å². The highest BCUT2D eigenvalue weighted by Gasteiger charge is 2.49. The summed E-state index contributed by atoms with van der Waals surface area (Å²) in [6.07, 6.45) is 4.51. The fourth-order valence-corrected chi connectivity index (χ4v) is 8.49. The van der Waals surface area contributed by atoms with Crippen molar-refractivity contribution in [2.24, 2.45) is 0 Å². The molecule has 9 aromatic rings. The second kappa shape index (κ2) is 11.0. The van der Waals surface area contributed by atoms with E-state index in [1.54, 1.807) is 0 Å². The highest BCUT2D eigenvalue weighted by atomic mass is 16.3. The molecule has 7 aromatic carbocycles. The van der Waals surface area contributed by atoms with E-state index in [1.807, 2.05) is 66.7 Å². The van der Waals surface area contributed by atoms with E-state index < -0.39 is 5.41 Å². The molecule has 0 fully saturated rings. The van der Waals surface area contributed by atoms with Crippen LogP contribution in [0.2, 0.25) is 0 Å². The van der Waals surface area contributed by atoms with E-state index >= 15 is 0 Å². The van der Waals surface area contributed by atoms with Gasteiger partial charge in [-0.05, 0) is 68.8 Å². The number of fused-ring (bicyclic) bond motifs is 12. The molecule has 1 unspecified atom stereocenters. The monoisotopic (exact) mass is 663 g/mol. The molecular formula is C48H29N3O. The molecule has 0 radical (unpaired) electrons. The third kappa shape index (κ3) is 4.12. The lowest BCUT2D eigenvalue weighted by Gasteiger charge is -2.35. The molecule has 4 heteroatoms. The molecule has 2 aliphatic carbocycles. The maximum atomic E-state index is 6.58. The van der Waals surface area contributed by atoms with E-state index in [9.17, 15) is 0 Å². The van der Waals surface area contributed by atoms with Crippen LogP contribution in [0.3, 0.4) is 0 Å². The largest absolute Gasteiger partial charge is 0.456 e. The van der Waals surface area contributed by atoms with Gasteiger partial charge in [-0.25, -0.2) is 15.0 Å². The zero-order valence-corrected chi connectivity index (χ0v) is 28.0. The number of benzene rings is 7. The van der Waals surface area contributed by atoms with Crippen molar-refractivity contribution < 1.29 is 4.42 Å². The molecule has 2 aliphatic rings. The van der Waals surface area contributed by atoms with Crippen LogP contribution in [0.25, 0.3) is 79.4 Å². The minimum absolute atomic E-state index is 0.631.